The molecule has 6 heteroatoms. The number of hydrogen-bond donors (Lipinski definition) is 1. The molecule has 0 aromatic heterocycles. The summed E-state index contributed by atoms with van der Waals surface area (Å²) >= 11 is 0. The standard InChI is InChI=1S/C13H13N3O3/c1-8-10(3-2-4-12(8)16(18)19)13(17)15-11(7-14)9-5-6-9/h2-4,9,11H,5-6H2,1H3,(H,15,17). The van der Waals surface area contributed by atoms with E-state index in [2.05, 4.69) is 11.4 Å². The molecule has 1 N–H and O–H groups in total. The van der Waals surface area contributed by atoms with Crippen molar-refractivity contribution in [3.05, 3.63) is 39.4 Å². The van der Waals surface area contributed by atoms with Crippen LogP contribution in [0.5, 0.6) is 0 Å². The van der Waals surface area contributed by atoms with Gasteiger partial charge in [-0.1, -0.05) is 6.07 Å². The van der Waals surface area contributed by atoms with Crippen molar-refractivity contribution in [2.75, 3.05) is 0 Å². The maximum atomic E-state index is 12.1. The summed E-state index contributed by atoms with van der Waals surface area (Å²) in [6.45, 7) is 1.53. The summed E-state index contributed by atoms with van der Waals surface area (Å²) in [6, 6.07) is 5.90. The molecule has 1 aromatic rings. The topological polar surface area (TPSA) is 96.0 Å². The summed E-state index contributed by atoms with van der Waals surface area (Å²) in [4.78, 5) is 22.4. The number of nitrogens with one attached hydrogen (secondary N) is 1. The van der Waals surface area contributed by atoms with Gasteiger partial charge in [-0.2, -0.15) is 5.26 Å². The van der Waals surface area contributed by atoms with Crippen molar-refractivity contribution in [1.82, 2.24) is 5.32 Å². The zero-order valence-corrected chi connectivity index (χ0v) is 10.4. The number of nitro benzene ring substituents is 1. The monoisotopic (exact) mass is 259 g/mol. The van der Waals surface area contributed by atoms with Crippen LogP contribution in [0.2, 0.25) is 0 Å². The predicted molar refractivity (Wildman–Crippen MR) is 67.4 cm³/mol. The minimum atomic E-state index is -0.519. The Morgan fingerprint density at radius 1 is 1.58 bits per heavy atom. The molecule has 1 saturated carbocycles. The molecule has 1 unspecified atom stereocenters. The van der Waals surface area contributed by atoms with E-state index in [1.54, 1.807) is 0 Å². The molecule has 1 atom stereocenters. The summed E-state index contributed by atoms with van der Waals surface area (Å²) in [7, 11) is 0. The van der Waals surface area contributed by atoms with Gasteiger partial charge in [-0.05, 0) is 31.7 Å². The van der Waals surface area contributed by atoms with Crippen LogP contribution in [-0.2, 0) is 0 Å². The number of carbonyl (C=O) groups is 1. The van der Waals surface area contributed by atoms with Gasteiger partial charge in [0.1, 0.15) is 6.04 Å². The Kier molecular flexibility index (Phi) is 3.47. The van der Waals surface area contributed by atoms with Gasteiger partial charge in [0.25, 0.3) is 11.6 Å². The van der Waals surface area contributed by atoms with Gasteiger partial charge in [-0.15, -0.1) is 0 Å². The second-order valence-corrected chi connectivity index (χ2v) is 4.62. The fourth-order valence-electron chi connectivity index (χ4n) is 1.97. The Bertz CT molecular complexity index is 573. The molecule has 0 heterocycles. The zero-order valence-electron chi connectivity index (χ0n) is 10.4. The number of amides is 1. The lowest BCUT2D eigenvalue weighted by atomic mass is 10.1. The highest BCUT2D eigenvalue weighted by molar-refractivity contribution is 5.97. The van der Waals surface area contributed by atoms with E-state index in [4.69, 9.17) is 5.26 Å². The summed E-state index contributed by atoms with van der Waals surface area (Å²) in [5, 5.41) is 22.4. The van der Waals surface area contributed by atoms with Crippen LogP contribution < -0.4 is 5.32 Å². The molecule has 6 nitrogen and oxygen atoms in total. The molecule has 0 radical (unpaired) electrons. The van der Waals surface area contributed by atoms with Gasteiger partial charge in [0, 0.05) is 17.2 Å². The van der Waals surface area contributed by atoms with Crippen LogP contribution in [0.1, 0.15) is 28.8 Å². The molecule has 1 fully saturated rings. The first-order valence-corrected chi connectivity index (χ1v) is 5.99. The maximum absolute atomic E-state index is 12.1. The van der Waals surface area contributed by atoms with E-state index in [-0.39, 0.29) is 17.2 Å². The van der Waals surface area contributed by atoms with E-state index >= 15 is 0 Å². The zero-order chi connectivity index (χ0) is 14.0. The van der Waals surface area contributed by atoms with E-state index in [9.17, 15) is 14.9 Å². The van der Waals surface area contributed by atoms with Crippen molar-refractivity contribution >= 4 is 11.6 Å². The first kappa shape index (κ1) is 13.0. The molecule has 0 bridgehead atoms. The summed E-state index contributed by atoms with van der Waals surface area (Å²) in [5.74, 6) is -0.215. The van der Waals surface area contributed by atoms with Crippen LogP contribution >= 0.6 is 0 Å². The van der Waals surface area contributed by atoms with Crippen molar-refractivity contribution in [1.29, 1.82) is 5.26 Å². The smallest absolute Gasteiger partial charge is 0.273 e. The molecular formula is C13H13N3O3. The van der Waals surface area contributed by atoms with Gasteiger partial charge in [0.05, 0.1) is 11.0 Å². The molecule has 98 valence electrons. The lowest BCUT2D eigenvalue weighted by Crippen LogP contribution is -2.35. The van der Waals surface area contributed by atoms with Gasteiger partial charge in [0.15, 0.2) is 0 Å². The molecule has 0 aliphatic heterocycles. The number of hydrogen-bond acceptors (Lipinski definition) is 4. The Morgan fingerprint density at radius 3 is 2.79 bits per heavy atom. The van der Waals surface area contributed by atoms with Gasteiger partial charge < -0.3 is 5.32 Å². The molecule has 1 aliphatic carbocycles. The third-order valence-electron chi connectivity index (χ3n) is 3.27. The normalized spacial score (nSPS) is 15.4. The molecule has 1 aliphatic rings. The van der Waals surface area contributed by atoms with E-state index in [1.165, 1.54) is 25.1 Å². The quantitative estimate of drug-likeness (QED) is 0.660. The number of nitriles is 1. The third-order valence-corrected chi connectivity index (χ3v) is 3.27. The molecular weight excluding hydrogens is 246 g/mol. The van der Waals surface area contributed by atoms with Crippen LogP contribution in [0, 0.1) is 34.3 Å². The average molecular weight is 259 g/mol. The fourth-order valence-corrected chi connectivity index (χ4v) is 1.97. The molecule has 0 saturated heterocycles. The van der Waals surface area contributed by atoms with Gasteiger partial charge in [-0.3, -0.25) is 14.9 Å². The lowest BCUT2D eigenvalue weighted by molar-refractivity contribution is -0.385. The highest BCUT2D eigenvalue weighted by Crippen LogP contribution is 2.32. The number of benzene rings is 1. The highest BCUT2D eigenvalue weighted by atomic mass is 16.6. The first-order chi connectivity index (χ1) is 9.04. The summed E-state index contributed by atoms with van der Waals surface area (Å²) < 4.78 is 0. The molecule has 2 rings (SSSR count). The van der Waals surface area contributed by atoms with Crippen LogP contribution in [0.3, 0.4) is 0 Å². The molecule has 19 heavy (non-hydrogen) atoms. The van der Waals surface area contributed by atoms with Crippen molar-refractivity contribution in [2.45, 2.75) is 25.8 Å². The average Bonchev–Trinajstić information content (AvgIpc) is 3.19. The summed E-state index contributed by atoms with van der Waals surface area (Å²) in [6.07, 6.45) is 1.87. The third kappa shape index (κ3) is 2.71. The van der Waals surface area contributed by atoms with Crippen molar-refractivity contribution < 1.29 is 9.72 Å². The molecule has 1 amide bonds. The van der Waals surface area contributed by atoms with Gasteiger partial charge in [-0.25, -0.2) is 0 Å². The molecule has 0 spiro atoms. The Hall–Kier alpha value is -2.42. The minimum Gasteiger partial charge on any atom is -0.336 e. The highest BCUT2D eigenvalue weighted by Gasteiger charge is 2.33. The van der Waals surface area contributed by atoms with Crippen LogP contribution in [0.15, 0.2) is 18.2 Å². The van der Waals surface area contributed by atoms with E-state index in [1.807, 2.05) is 0 Å². The number of carbonyl (C=O) groups excluding carboxylic acids is 1. The SMILES string of the molecule is Cc1c(C(=O)NC(C#N)C2CC2)cccc1[N+](=O)[O-]. The van der Waals surface area contributed by atoms with Crippen LogP contribution in [0.4, 0.5) is 5.69 Å². The first-order valence-electron chi connectivity index (χ1n) is 5.99. The van der Waals surface area contributed by atoms with E-state index in [0.717, 1.165) is 12.8 Å². The summed E-state index contributed by atoms with van der Waals surface area (Å²) in [5.41, 5.74) is 0.472. The van der Waals surface area contributed by atoms with Gasteiger partial charge in [0.2, 0.25) is 0 Å². The number of nitrogens with zero attached hydrogens (tertiary/aromatic N) is 2. The van der Waals surface area contributed by atoms with Crippen molar-refractivity contribution in [2.24, 2.45) is 5.92 Å². The maximum Gasteiger partial charge on any atom is 0.273 e. The van der Waals surface area contributed by atoms with E-state index < -0.39 is 16.9 Å². The van der Waals surface area contributed by atoms with Crippen LogP contribution in [0.25, 0.3) is 0 Å². The predicted octanol–water partition coefficient (Wildman–Crippen LogP) is 1.94. The largest absolute Gasteiger partial charge is 0.336 e. The second-order valence-electron chi connectivity index (χ2n) is 4.62. The fraction of sp³-hybridized carbons (Fsp3) is 0.385. The second kappa shape index (κ2) is 5.06. The molecule has 1 aromatic carbocycles. The Labute approximate surface area is 110 Å². The number of rotatable bonds is 4. The van der Waals surface area contributed by atoms with Crippen molar-refractivity contribution in [3.63, 3.8) is 0 Å². The minimum absolute atomic E-state index is 0.0902. The van der Waals surface area contributed by atoms with E-state index in [0.29, 0.717) is 5.56 Å². The van der Waals surface area contributed by atoms with Crippen molar-refractivity contribution in [3.8, 4) is 6.07 Å². The Balaban J connectivity index is 2.22. The number of nitro groups is 1. The lowest BCUT2D eigenvalue weighted by Gasteiger charge is -2.11. The van der Waals surface area contributed by atoms with Gasteiger partial charge >= 0.3 is 0 Å². The van der Waals surface area contributed by atoms with Crippen LogP contribution in [-0.4, -0.2) is 16.9 Å². The Morgan fingerprint density at radius 2 is 2.26 bits per heavy atom.